The number of hydrogen-bond acceptors (Lipinski definition) is 1. The van der Waals surface area contributed by atoms with Gasteiger partial charge in [-0.3, -0.25) is 5.32 Å². The Bertz CT molecular complexity index is 597. The van der Waals surface area contributed by atoms with Gasteiger partial charge in [-0.1, -0.05) is 35.3 Å². The molecule has 1 radical (unpaired) electrons. The summed E-state index contributed by atoms with van der Waals surface area (Å²) in [5, 5.41) is 14.1. The molecule has 0 aliphatic carbocycles. The average molecular weight is 295 g/mol. The Hall–Kier alpha value is -1.71. The maximum atomic E-state index is 10.7. The van der Waals surface area contributed by atoms with Crippen LogP contribution >= 0.6 is 23.2 Å². The molecule has 0 heterocycles. The third kappa shape index (κ3) is 3.63. The number of carboxylic acid groups (broad SMARTS) is 1. The highest BCUT2D eigenvalue weighted by Gasteiger charge is 2.03. The number of halogens is 2. The molecule has 0 saturated carbocycles. The normalized spacial score (nSPS) is 10.2. The first-order valence-electron chi connectivity index (χ1n) is 5.51. The number of aromatic carboxylic acids is 1. The standard InChI is InChI=1S/C14H10Cl2NO2/c15-12-6-5-11(7-13(12)16)17-8-9-1-3-10(4-2-9)14(18)19/h1-7H,8H2,(H,18,19). The third-order valence-electron chi connectivity index (χ3n) is 2.55. The largest absolute Gasteiger partial charge is 0.478 e. The van der Waals surface area contributed by atoms with Crippen LogP contribution in [0.5, 0.6) is 0 Å². The minimum atomic E-state index is -0.937. The molecule has 0 atom stereocenters. The van der Waals surface area contributed by atoms with Gasteiger partial charge in [0.25, 0.3) is 0 Å². The van der Waals surface area contributed by atoms with Crippen LogP contribution in [0.3, 0.4) is 0 Å². The van der Waals surface area contributed by atoms with E-state index in [1.807, 2.05) is 0 Å². The van der Waals surface area contributed by atoms with Gasteiger partial charge >= 0.3 is 5.97 Å². The van der Waals surface area contributed by atoms with Crippen molar-refractivity contribution in [1.29, 1.82) is 0 Å². The molecule has 2 aromatic carbocycles. The van der Waals surface area contributed by atoms with E-state index < -0.39 is 5.97 Å². The molecule has 0 fully saturated rings. The van der Waals surface area contributed by atoms with E-state index in [9.17, 15) is 4.79 Å². The molecule has 97 valence electrons. The van der Waals surface area contributed by atoms with E-state index in [0.29, 0.717) is 16.6 Å². The Morgan fingerprint density at radius 3 is 2.32 bits per heavy atom. The maximum absolute atomic E-state index is 10.7. The van der Waals surface area contributed by atoms with Crippen LogP contribution < -0.4 is 5.32 Å². The van der Waals surface area contributed by atoms with Gasteiger partial charge in [0, 0.05) is 0 Å². The maximum Gasteiger partial charge on any atom is 0.335 e. The van der Waals surface area contributed by atoms with Crippen LogP contribution in [0, 0.1) is 0 Å². The van der Waals surface area contributed by atoms with Crippen LogP contribution in [-0.4, -0.2) is 11.1 Å². The van der Waals surface area contributed by atoms with Crippen molar-refractivity contribution >= 4 is 34.9 Å². The predicted octanol–water partition coefficient (Wildman–Crippen LogP) is 4.13. The van der Waals surface area contributed by atoms with Gasteiger partial charge < -0.3 is 5.11 Å². The van der Waals surface area contributed by atoms with E-state index in [1.54, 1.807) is 42.5 Å². The molecule has 0 aliphatic rings. The monoisotopic (exact) mass is 294 g/mol. The summed E-state index contributed by atoms with van der Waals surface area (Å²) in [6.07, 6.45) is 0. The number of benzene rings is 2. The van der Waals surface area contributed by atoms with E-state index >= 15 is 0 Å². The second kappa shape index (κ2) is 5.95. The minimum absolute atomic E-state index is 0.262. The van der Waals surface area contributed by atoms with Gasteiger partial charge in [0.05, 0.1) is 27.8 Å². The lowest BCUT2D eigenvalue weighted by atomic mass is 10.1. The Balaban J connectivity index is 2.01. The Labute approximate surface area is 120 Å². The fourth-order valence-electron chi connectivity index (χ4n) is 1.52. The smallest absolute Gasteiger partial charge is 0.335 e. The van der Waals surface area contributed by atoms with Crippen LogP contribution in [0.15, 0.2) is 42.5 Å². The first-order valence-corrected chi connectivity index (χ1v) is 6.26. The molecule has 0 spiro atoms. The summed E-state index contributed by atoms with van der Waals surface area (Å²) in [6, 6.07) is 11.8. The third-order valence-corrected chi connectivity index (χ3v) is 3.29. The first kappa shape index (κ1) is 13.7. The molecule has 0 amide bonds. The summed E-state index contributed by atoms with van der Waals surface area (Å²) in [7, 11) is 0. The molecule has 0 aliphatic heterocycles. The lowest BCUT2D eigenvalue weighted by molar-refractivity contribution is 0.0697. The SMILES string of the molecule is O=C(O)c1ccc(C[N]c2ccc(Cl)c(Cl)c2)cc1. The highest BCUT2D eigenvalue weighted by molar-refractivity contribution is 6.42. The summed E-state index contributed by atoms with van der Waals surface area (Å²) in [4.78, 5) is 10.7. The van der Waals surface area contributed by atoms with Gasteiger partial charge in [-0.25, -0.2) is 4.79 Å². The summed E-state index contributed by atoms with van der Waals surface area (Å²) in [5.74, 6) is -0.937. The molecular weight excluding hydrogens is 285 g/mol. The van der Waals surface area contributed by atoms with Crippen LogP contribution in [-0.2, 0) is 6.54 Å². The van der Waals surface area contributed by atoms with Crippen LogP contribution in [0.4, 0.5) is 5.69 Å². The Morgan fingerprint density at radius 1 is 1.05 bits per heavy atom. The molecule has 0 bridgehead atoms. The topological polar surface area (TPSA) is 51.4 Å². The lowest BCUT2D eigenvalue weighted by Crippen LogP contribution is -2.00. The number of hydrogen-bond donors (Lipinski definition) is 1. The van der Waals surface area contributed by atoms with Crippen molar-refractivity contribution in [1.82, 2.24) is 5.32 Å². The van der Waals surface area contributed by atoms with Crippen LogP contribution in [0.2, 0.25) is 10.0 Å². The van der Waals surface area contributed by atoms with Crippen LogP contribution in [0.25, 0.3) is 0 Å². The van der Waals surface area contributed by atoms with E-state index in [0.717, 1.165) is 11.3 Å². The zero-order chi connectivity index (χ0) is 13.8. The van der Waals surface area contributed by atoms with Crippen molar-refractivity contribution in [2.24, 2.45) is 0 Å². The fourth-order valence-corrected chi connectivity index (χ4v) is 1.81. The molecule has 3 nitrogen and oxygen atoms in total. The summed E-state index contributed by atoms with van der Waals surface area (Å²) in [5.41, 5.74) is 1.92. The predicted molar refractivity (Wildman–Crippen MR) is 75.4 cm³/mol. The molecule has 1 N–H and O–H groups in total. The molecule has 0 unspecified atom stereocenters. The van der Waals surface area contributed by atoms with E-state index in [4.69, 9.17) is 28.3 Å². The van der Waals surface area contributed by atoms with Gasteiger partial charge in [0.15, 0.2) is 0 Å². The number of carbonyl (C=O) groups is 1. The zero-order valence-corrected chi connectivity index (χ0v) is 11.3. The van der Waals surface area contributed by atoms with E-state index in [-0.39, 0.29) is 5.56 Å². The van der Waals surface area contributed by atoms with E-state index in [1.165, 1.54) is 0 Å². The highest BCUT2D eigenvalue weighted by Crippen LogP contribution is 2.25. The van der Waals surface area contributed by atoms with Gasteiger partial charge in [0.2, 0.25) is 0 Å². The van der Waals surface area contributed by atoms with Crippen molar-refractivity contribution in [3.63, 3.8) is 0 Å². The summed E-state index contributed by atoms with van der Waals surface area (Å²) in [6.45, 7) is 0.456. The van der Waals surface area contributed by atoms with E-state index in [2.05, 4.69) is 5.32 Å². The average Bonchev–Trinajstić information content (AvgIpc) is 2.40. The van der Waals surface area contributed by atoms with Gasteiger partial charge in [-0.05, 0) is 35.9 Å². The van der Waals surface area contributed by atoms with Crippen molar-refractivity contribution in [3.8, 4) is 0 Å². The van der Waals surface area contributed by atoms with Gasteiger partial charge in [-0.15, -0.1) is 0 Å². The summed E-state index contributed by atoms with van der Waals surface area (Å²) >= 11 is 11.7. The molecule has 2 rings (SSSR count). The molecule has 0 aromatic heterocycles. The Kier molecular flexibility index (Phi) is 4.30. The quantitative estimate of drug-likeness (QED) is 0.922. The second-order valence-electron chi connectivity index (χ2n) is 3.92. The zero-order valence-electron chi connectivity index (χ0n) is 9.81. The van der Waals surface area contributed by atoms with Crippen molar-refractivity contribution < 1.29 is 9.90 Å². The molecule has 5 heteroatoms. The first-order chi connectivity index (χ1) is 9.06. The number of nitrogens with zero attached hydrogens (tertiary/aromatic N) is 1. The lowest BCUT2D eigenvalue weighted by Gasteiger charge is -2.05. The fraction of sp³-hybridized carbons (Fsp3) is 0.0714. The molecular formula is C14H10Cl2NO2. The molecule has 0 saturated heterocycles. The number of rotatable bonds is 4. The summed E-state index contributed by atoms with van der Waals surface area (Å²) < 4.78 is 0. The van der Waals surface area contributed by atoms with Gasteiger partial charge in [-0.2, -0.15) is 0 Å². The minimum Gasteiger partial charge on any atom is -0.478 e. The van der Waals surface area contributed by atoms with Gasteiger partial charge in [0.1, 0.15) is 0 Å². The van der Waals surface area contributed by atoms with Crippen LogP contribution in [0.1, 0.15) is 15.9 Å². The molecule has 2 aromatic rings. The van der Waals surface area contributed by atoms with Crippen molar-refractivity contribution in [2.45, 2.75) is 6.54 Å². The highest BCUT2D eigenvalue weighted by atomic mass is 35.5. The second-order valence-corrected chi connectivity index (χ2v) is 4.73. The van der Waals surface area contributed by atoms with Crippen molar-refractivity contribution in [2.75, 3.05) is 0 Å². The Morgan fingerprint density at radius 2 is 1.74 bits per heavy atom. The molecule has 19 heavy (non-hydrogen) atoms. The number of carboxylic acids is 1. The van der Waals surface area contributed by atoms with Crippen molar-refractivity contribution in [3.05, 3.63) is 63.6 Å².